The van der Waals surface area contributed by atoms with Gasteiger partial charge >= 0.3 is 6.03 Å². The number of hydrogen-bond acceptors (Lipinski definition) is 4. The molecule has 0 saturated carbocycles. The van der Waals surface area contributed by atoms with Gasteiger partial charge in [-0.3, -0.25) is 0 Å². The van der Waals surface area contributed by atoms with Crippen LogP contribution in [0.3, 0.4) is 0 Å². The van der Waals surface area contributed by atoms with Gasteiger partial charge < -0.3 is 15.5 Å². The fourth-order valence-electron chi connectivity index (χ4n) is 3.57. The van der Waals surface area contributed by atoms with Crippen molar-refractivity contribution in [3.8, 4) is 11.3 Å². The van der Waals surface area contributed by atoms with Gasteiger partial charge in [-0.1, -0.05) is 36.8 Å². The van der Waals surface area contributed by atoms with Gasteiger partial charge in [-0.05, 0) is 62.1 Å². The molecular weight excluding hydrogens is 374 g/mol. The zero-order valence-corrected chi connectivity index (χ0v) is 17.4. The van der Waals surface area contributed by atoms with E-state index in [-0.39, 0.29) is 6.03 Å². The van der Waals surface area contributed by atoms with E-state index in [1.165, 1.54) is 12.8 Å². The van der Waals surface area contributed by atoms with E-state index >= 15 is 0 Å². The predicted octanol–water partition coefficient (Wildman–Crippen LogP) is 5.33. The van der Waals surface area contributed by atoms with E-state index in [2.05, 4.69) is 32.7 Å². The van der Waals surface area contributed by atoms with Gasteiger partial charge in [-0.2, -0.15) is 0 Å². The van der Waals surface area contributed by atoms with Gasteiger partial charge in [0.05, 0.1) is 5.69 Å². The van der Waals surface area contributed by atoms with Gasteiger partial charge in [0, 0.05) is 30.0 Å². The second-order valence-corrected chi connectivity index (χ2v) is 7.97. The SMILES string of the molecule is Cc1ccc(NC(=O)Nc2cccc(-c3ccc(N4CCC(C)CC4)nn3)c2)cc1. The first-order valence-corrected chi connectivity index (χ1v) is 10.4. The van der Waals surface area contributed by atoms with Gasteiger partial charge in [0.15, 0.2) is 5.82 Å². The Hall–Kier alpha value is -3.41. The van der Waals surface area contributed by atoms with Crippen LogP contribution in [0.25, 0.3) is 11.3 Å². The minimum absolute atomic E-state index is 0.281. The minimum atomic E-state index is -0.281. The molecule has 2 N–H and O–H groups in total. The molecule has 4 rings (SSSR count). The van der Waals surface area contributed by atoms with Crippen LogP contribution in [-0.4, -0.2) is 29.3 Å². The van der Waals surface area contributed by atoms with E-state index in [9.17, 15) is 4.79 Å². The number of carbonyl (C=O) groups excluding carboxylic acids is 1. The van der Waals surface area contributed by atoms with Gasteiger partial charge in [-0.15, -0.1) is 10.2 Å². The minimum Gasteiger partial charge on any atom is -0.355 e. The standard InChI is InChI=1S/C24H27N5O/c1-17-6-8-20(9-7-17)25-24(30)26-21-5-3-4-19(16-21)22-10-11-23(28-27-22)29-14-12-18(2)13-15-29/h3-11,16,18H,12-15H2,1-2H3,(H2,25,26,30). The van der Waals surface area contributed by atoms with Crippen molar-refractivity contribution in [3.05, 3.63) is 66.2 Å². The number of aryl methyl sites for hydroxylation is 1. The van der Waals surface area contributed by atoms with Crippen LogP contribution in [-0.2, 0) is 0 Å². The summed E-state index contributed by atoms with van der Waals surface area (Å²) in [5, 5.41) is 14.6. The van der Waals surface area contributed by atoms with E-state index < -0.39 is 0 Å². The second kappa shape index (κ2) is 8.95. The molecule has 0 aliphatic carbocycles. The van der Waals surface area contributed by atoms with Gasteiger partial charge in [0.25, 0.3) is 0 Å². The van der Waals surface area contributed by atoms with Crippen molar-refractivity contribution in [1.82, 2.24) is 10.2 Å². The van der Waals surface area contributed by atoms with Crippen molar-refractivity contribution in [1.29, 1.82) is 0 Å². The number of rotatable bonds is 4. The highest BCUT2D eigenvalue weighted by molar-refractivity contribution is 6.00. The number of aromatic nitrogens is 2. The molecule has 1 aliphatic rings. The monoisotopic (exact) mass is 401 g/mol. The smallest absolute Gasteiger partial charge is 0.323 e. The molecule has 1 fully saturated rings. The number of urea groups is 1. The summed E-state index contributed by atoms with van der Waals surface area (Å²) in [6.45, 7) is 6.38. The van der Waals surface area contributed by atoms with Crippen molar-refractivity contribution in [2.24, 2.45) is 5.92 Å². The zero-order valence-electron chi connectivity index (χ0n) is 17.4. The maximum absolute atomic E-state index is 12.3. The number of nitrogens with one attached hydrogen (secondary N) is 2. The van der Waals surface area contributed by atoms with Gasteiger partial charge in [0.2, 0.25) is 0 Å². The lowest BCUT2D eigenvalue weighted by Gasteiger charge is -2.30. The quantitative estimate of drug-likeness (QED) is 0.620. The molecule has 1 aromatic heterocycles. The Morgan fingerprint density at radius 2 is 1.67 bits per heavy atom. The summed E-state index contributed by atoms with van der Waals surface area (Å²) in [6.07, 6.45) is 2.39. The van der Waals surface area contributed by atoms with Gasteiger partial charge in [0.1, 0.15) is 0 Å². The van der Waals surface area contributed by atoms with Crippen LogP contribution in [0, 0.1) is 12.8 Å². The Morgan fingerprint density at radius 1 is 0.933 bits per heavy atom. The summed E-state index contributed by atoms with van der Waals surface area (Å²) >= 11 is 0. The highest BCUT2D eigenvalue weighted by Crippen LogP contribution is 2.24. The first-order chi connectivity index (χ1) is 14.6. The van der Waals surface area contributed by atoms with Crippen LogP contribution < -0.4 is 15.5 Å². The summed E-state index contributed by atoms with van der Waals surface area (Å²) in [6, 6.07) is 19.1. The maximum atomic E-state index is 12.3. The molecule has 3 aromatic rings. The summed E-state index contributed by atoms with van der Waals surface area (Å²) in [7, 11) is 0. The number of piperidine rings is 1. The van der Waals surface area contributed by atoms with Crippen LogP contribution in [0.1, 0.15) is 25.3 Å². The molecule has 2 amide bonds. The number of hydrogen-bond donors (Lipinski definition) is 2. The fraction of sp³-hybridized carbons (Fsp3) is 0.292. The van der Waals surface area contributed by atoms with Crippen LogP contribution in [0.5, 0.6) is 0 Å². The largest absolute Gasteiger partial charge is 0.355 e. The van der Waals surface area contributed by atoms with Gasteiger partial charge in [-0.25, -0.2) is 4.79 Å². The van der Waals surface area contributed by atoms with Crippen molar-refractivity contribution in [2.75, 3.05) is 28.6 Å². The molecule has 0 atom stereocenters. The molecule has 2 heterocycles. The molecule has 6 heteroatoms. The third-order valence-corrected chi connectivity index (χ3v) is 5.48. The molecule has 0 spiro atoms. The Kier molecular flexibility index (Phi) is 5.93. The van der Waals surface area contributed by atoms with Crippen LogP contribution >= 0.6 is 0 Å². The number of amides is 2. The van der Waals surface area contributed by atoms with E-state index in [1.807, 2.05) is 67.6 Å². The number of benzene rings is 2. The fourth-order valence-corrected chi connectivity index (χ4v) is 3.57. The van der Waals surface area contributed by atoms with E-state index in [1.54, 1.807) is 0 Å². The summed E-state index contributed by atoms with van der Waals surface area (Å²) < 4.78 is 0. The third kappa shape index (κ3) is 4.95. The Morgan fingerprint density at radius 3 is 2.37 bits per heavy atom. The molecule has 0 radical (unpaired) electrons. The van der Waals surface area contributed by atoms with Crippen LogP contribution in [0.4, 0.5) is 22.0 Å². The van der Waals surface area contributed by atoms with Crippen molar-refractivity contribution in [3.63, 3.8) is 0 Å². The Labute approximate surface area is 177 Å². The lowest BCUT2D eigenvalue weighted by Crippen LogP contribution is -2.33. The summed E-state index contributed by atoms with van der Waals surface area (Å²) in [5.74, 6) is 1.71. The lowest BCUT2D eigenvalue weighted by atomic mass is 9.99. The molecule has 1 aliphatic heterocycles. The first kappa shape index (κ1) is 19.9. The topological polar surface area (TPSA) is 70.2 Å². The van der Waals surface area contributed by atoms with Crippen LogP contribution in [0.2, 0.25) is 0 Å². The zero-order chi connectivity index (χ0) is 20.9. The molecule has 0 unspecified atom stereocenters. The van der Waals surface area contributed by atoms with E-state index in [4.69, 9.17) is 0 Å². The van der Waals surface area contributed by atoms with Crippen molar-refractivity contribution >= 4 is 23.2 Å². The Balaban J connectivity index is 1.41. The van der Waals surface area contributed by atoms with E-state index in [0.717, 1.165) is 47.3 Å². The van der Waals surface area contributed by atoms with Crippen molar-refractivity contribution in [2.45, 2.75) is 26.7 Å². The Bertz CT molecular complexity index is 993. The molecule has 30 heavy (non-hydrogen) atoms. The normalized spacial score (nSPS) is 14.4. The maximum Gasteiger partial charge on any atom is 0.323 e. The lowest BCUT2D eigenvalue weighted by molar-refractivity contribution is 0.262. The molecular formula is C24H27N5O. The van der Waals surface area contributed by atoms with E-state index in [0.29, 0.717) is 5.69 Å². The molecule has 1 saturated heterocycles. The summed E-state index contributed by atoms with van der Waals surface area (Å²) in [5.41, 5.74) is 4.30. The van der Waals surface area contributed by atoms with Crippen molar-refractivity contribution < 1.29 is 4.79 Å². The highest BCUT2D eigenvalue weighted by atomic mass is 16.2. The average Bonchev–Trinajstić information content (AvgIpc) is 2.76. The third-order valence-electron chi connectivity index (χ3n) is 5.48. The summed E-state index contributed by atoms with van der Waals surface area (Å²) in [4.78, 5) is 14.6. The van der Waals surface area contributed by atoms with Crippen LogP contribution in [0.15, 0.2) is 60.7 Å². The molecule has 2 aromatic carbocycles. The second-order valence-electron chi connectivity index (χ2n) is 7.97. The predicted molar refractivity (Wildman–Crippen MR) is 122 cm³/mol. The molecule has 154 valence electrons. The molecule has 0 bridgehead atoms. The molecule has 6 nitrogen and oxygen atoms in total. The number of nitrogens with zero attached hydrogens (tertiary/aromatic N) is 3. The number of anilines is 3. The first-order valence-electron chi connectivity index (χ1n) is 10.4. The number of carbonyl (C=O) groups is 1. The average molecular weight is 402 g/mol. The highest BCUT2D eigenvalue weighted by Gasteiger charge is 2.17.